The van der Waals surface area contributed by atoms with Gasteiger partial charge in [-0.15, -0.1) is 0 Å². The van der Waals surface area contributed by atoms with Crippen LogP contribution in [0.2, 0.25) is 0 Å². The third kappa shape index (κ3) is 4.58. The lowest BCUT2D eigenvalue weighted by atomic mass is 10.1. The summed E-state index contributed by atoms with van der Waals surface area (Å²) in [6.45, 7) is 2.70. The highest BCUT2D eigenvalue weighted by Gasteiger charge is 2.40. The molecular weight excluding hydrogens is 296 g/mol. The molecule has 0 fully saturated rings. The number of rotatable bonds is 6. The minimum Gasteiger partial charge on any atom is -0.478 e. The summed E-state index contributed by atoms with van der Waals surface area (Å²) >= 11 is 0. The van der Waals surface area contributed by atoms with Crippen molar-refractivity contribution in [1.29, 1.82) is 0 Å². The molecule has 8 heteroatoms. The summed E-state index contributed by atoms with van der Waals surface area (Å²) in [6.07, 6.45) is -4.29. The maximum atomic E-state index is 11.9. The predicted molar refractivity (Wildman–Crippen MR) is 71.2 cm³/mol. The van der Waals surface area contributed by atoms with E-state index in [-0.39, 0.29) is 5.56 Å². The van der Waals surface area contributed by atoms with Crippen molar-refractivity contribution in [3.63, 3.8) is 0 Å². The van der Waals surface area contributed by atoms with Crippen LogP contribution in [0, 0.1) is 6.92 Å². The number of carboxylic acid groups (broad SMARTS) is 2. The number of aliphatic carboxylic acids is 2. The number of carboxylic acids is 2. The minimum absolute atomic E-state index is 0.0452. The second-order valence-corrected chi connectivity index (χ2v) is 4.40. The van der Waals surface area contributed by atoms with Crippen molar-refractivity contribution in [3.8, 4) is 0 Å². The van der Waals surface area contributed by atoms with Gasteiger partial charge < -0.3 is 19.7 Å². The summed E-state index contributed by atoms with van der Waals surface area (Å²) < 4.78 is 9.06. The molecule has 0 saturated heterocycles. The Labute approximate surface area is 125 Å². The SMILES string of the molecule is CC(=O)OC(C(=O)O)C(OC(=O)c1ccc(C)cc1)C(=O)O. The molecule has 2 unspecified atom stereocenters. The number of carbonyl (C=O) groups excluding carboxylic acids is 2. The lowest BCUT2D eigenvalue weighted by molar-refractivity contribution is -0.177. The molecule has 0 saturated carbocycles. The molecule has 1 aromatic rings. The number of benzene rings is 1. The van der Waals surface area contributed by atoms with Crippen LogP contribution in [-0.4, -0.2) is 46.3 Å². The van der Waals surface area contributed by atoms with Crippen molar-refractivity contribution in [2.75, 3.05) is 0 Å². The molecule has 0 aromatic heterocycles. The Hall–Kier alpha value is -2.90. The zero-order chi connectivity index (χ0) is 16.9. The van der Waals surface area contributed by atoms with Crippen LogP contribution in [0.1, 0.15) is 22.8 Å². The number of esters is 2. The molecule has 118 valence electrons. The van der Waals surface area contributed by atoms with E-state index < -0.39 is 36.1 Å². The fourth-order valence-corrected chi connectivity index (χ4v) is 1.54. The van der Waals surface area contributed by atoms with Crippen molar-refractivity contribution in [2.45, 2.75) is 26.1 Å². The maximum absolute atomic E-state index is 11.9. The molecule has 0 heterocycles. The molecule has 8 nitrogen and oxygen atoms in total. The third-order valence-corrected chi connectivity index (χ3v) is 2.58. The second kappa shape index (κ2) is 7.21. The van der Waals surface area contributed by atoms with Gasteiger partial charge in [0.15, 0.2) is 0 Å². The van der Waals surface area contributed by atoms with Gasteiger partial charge in [-0.1, -0.05) is 17.7 Å². The van der Waals surface area contributed by atoms with Gasteiger partial charge in [0.1, 0.15) is 0 Å². The van der Waals surface area contributed by atoms with Gasteiger partial charge in [0, 0.05) is 6.92 Å². The molecule has 0 radical (unpaired) electrons. The van der Waals surface area contributed by atoms with E-state index in [4.69, 9.17) is 10.2 Å². The van der Waals surface area contributed by atoms with E-state index in [1.807, 2.05) is 0 Å². The molecule has 0 bridgehead atoms. The topological polar surface area (TPSA) is 127 Å². The van der Waals surface area contributed by atoms with Crippen molar-refractivity contribution < 1.29 is 38.9 Å². The van der Waals surface area contributed by atoms with Crippen LogP contribution in [0.25, 0.3) is 0 Å². The first-order valence-electron chi connectivity index (χ1n) is 6.13. The molecule has 0 aliphatic rings. The van der Waals surface area contributed by atoms with Crippen molar-refractivity contribution in [2.24, 2.45) is 0 Å². The third-order valence-electron chi connectivity index (χ3n) is 2.58. The van der Waals surface area contributed by atoms with Gasteiger partial charge in [-0.2, -0.15) is 0 Å². The highest BCUT2D eigenvalue weighted by atomic mass is 16.6. The van der Waals surface area contributed by atoms with E-state index in [0.717, 1.165) is 12.5 Å². The molecule has 1 rings (SSSR count). The maximum Gasteiger partial charge on any atom is 0.349 e. The van der Waals surface area contributed by atoms with E-state index in [1.54, 1.807) is 19.1 Å². The quantitative estimate of drug-likeness (QED) is 0.732. The molecule has 22 heavy (non-hydrogen) atoms. The van der Waals surface area contributed by atoms with Gasteiger partial charge in [-0.05, 0) is 19.1 Å². The average molecular weight is 310 g/mol. The highest BCUT2D eigenvalue weighted by Crippen LogP contribution is 2.11. The lowest BCUT2D eigenvalue weighted by Gasteiger charge is -2.20. The largest absolute Gasteiger partial charge is 0.478 e. The molecule has 0 spiro atoms. The van der Waals surface area contributed by atoms with Crippen LogP contribution in [0.3, 0.4) is 0 Å². The first kappa shape index (κ1) is 17.2. The van der Waals surface area contributed by atoms with Gasteiger partial charge in [-0.25, -0.2) is 14.4 Å². The number of aryl methyl sites for hydroxylation is 1. The summed E-state index contributed by atoms with van der Waals surface area (Å²) in [5, 5.41) is 17.9. The first-order valence-corrected chi connectivity index (χ1v) is 6.13. The van der Waals surface area contributed by atoms with E-state index in [9.17, 15) is 19.2 Å². The Kier molecular flexibility index (Phi) is 5.62. The van der Waals surface area contributed by atoms with Gasteiger partial charge in [0.2, 0.25) is 12.2 Å². The predicted octanol–water partition coefficient (Wildman–Crippen LogP) is 0.621. The zero-order valence-corrected chi connectivity index (χ0v) is 11.8. The Bertz CT molecular complexity index is 589. The molecule has 2 atom stereocenters. The molecule has 1 aromatic carbocycles. The fourth-order valence-electron chi connectivity index (χ4n) is 1.54. The normalized spacial score (nSPS) is 12.8. The van der Waals surface area contributed by atoms with Crippen molar-refractivity contribution in [1.82, 2.24) is 0 Å². The Balaban J connectivity index is 2.97. The number of carbonyl (C=O) groups is 4. The lowest BCUT2D eigenvalue weighted by Crippen LogP contribution is -2.45. The number of hydrogen-bond acceptors (Lipinski definition) is 6. The van der Waals surface area contributed by atoms with E-state index >= 15 is 0 Å². The minimum atomic E-state index is -2.16. The van der Waals surface area contributed by atoms with Gasteiger partial charge in [-0.3, -0.25) is 4.79 Å². The standard InChI is InChI=1S/C14H14O8/c1-7-3-5-9(6-4-7)14(20)22-11(13(18)19)10(12(16)17)21-8(2)15/h3-6,10-11H,1-2H3,(H,16,17)(H,18,19). The fraction of sp³-hybridized carbons (Fsp3) is 0.286. The Morgan fingerprint density at radius 3 is 1.77 bits per heavy atom. The average Bonchev–Trinajstić information content (AvgIpc) is 2.42. The summed E-state index contributed by atoms with van der Waals surface area (Å²) in [4.78, 5) is 44.9. The second-order valence-electron chi connectivity index (χ2n) is 4.40. The van der Waals surface area contributed by atoms with Crippen molar-refractivity contribution >= 4 is 23.9 Å². The van der Waals surface area contributed by atoms with Crippen molar-refractivity contribution in [3.05, 3.63) is 35.4 Å². The van der Waals surface area contributed by atoms with E-state index in [2.05, 4.69) is 9.47 Å². The van der Waals surface area contributed by atoms with E-state index in [1.165, 1.54) is 12.1 Å². The summed E-state index contributed by atoms with van der Waals surface area (Å²) in [7, 11) is 0. The number of hydrogen-bond donors (Lipinski definition) is 2. The summed E-state index contributed by atoms with van der Waals surface area (Å²) in [6, 6.07) is 6.01. The molecule has 0 amide bonds. The highest BCUT2D eigenvalue weighted by molar-refractivity contribution is 5.93. The van der Waals surface area contributed by atoms with Gasteiger partial charge >= 0.3 is 23.9 Å². The summed E-state index contributed by atoms with van der Waals surface area (Å²) in [5.74, 6) is -5.52. The zero-order valence-electron chi connectivity index (χ0n) is 11.8. The van der Waals surface area contributed by atoms with Crippen LogP contribution >= 0.6 is 0 Å². The van der Waals surface area contributed by atoms with Crippen LogP contribution in [0.15, 0.2) is 24.3 Å². The number of ether oxygens (including phenoxy) is 2. The molecule has 0 aliphatic heterocycles. The molecular formula is C14H14O8. The van der Waals surface area contributed by atoms with Gasteiger partial charge in [0.25, 0.3) is 0 Å². The monoisotopic (exact) mass is 310 g/mol. The first-order chi connectivity index (χ1) is 10.2. The Morgan fingerprint density at radius 2 is 1.36 bits per heavy atom. The molecule has 0 aliphatic carbocycles. The van der Waals surface area contributed by atoms with Gasteiger partial charge in [0.05, 0.1) is 5.56 Å². The Morgan fingerprint density at radius 1 is 0.909 bits per heavy atom. The van der Waals surface area contributed by atoms with Crippen LogP contribution in [0.5, 0.6) is 0 Å². The smallest absolute Gasteiger partial charge is 0.349 e. The van der Waals surface area contributed by atoms with Crippen LogP contribution < -0.4 is 0 Å². The molecule has 2 N–H and O–H groups in total. The van der Waals surface area contributed by atoms with E-state index in [0.29, 0.717) is 0 Å². The van der Waals surface area contributed by atoms with Crippen LogP contribution in [-0.2, 0) is 23.9 Å². The summed E-state index contributed by atoms with van der Waals surface area (Å²) in [5.41, 5.74) is 0.915. The van der Waals surface area contributed by atoms with Crippen LogP contribution in [0.4, 0.5) is 0 Å².